The molecule has 2 heterocycles. The van der Waals surface area contributed by atoms with E-state index in [0.29, 0.717) is 11.4 Å². The first kappa shape index (κ1) is 13.8. The summed E-state index contributed by atoms with van der Waals surface area (Å²) in [5.74, 6) is 0. The maximum absolute atomic E-state index is 11.2. The van der Waals surface area contributed by atoms with Gasteiger partial charge in [-0.25, -0.2) is 0 Å². The van der Waals surface area contributed by atoms with Gasteiger partial charge < -0.3 is 10.2 Å². The first-order chi connectivity index (χ1) is 10.1. The van der Waals surface area contributed by atoms with E-state index in [1.54, 1.807) is 12.3 Å². The SMILES string of the molecule is Cc1cc2c(N3CCNC(C)C3)ccc([N+](=O)[O-])c2cn1. The minimum absolute atomic E-state index is 0.115. The number of fused-ring (bicyclic) bond motifs is 1. The van der Waals surface area contributed by atoms with Crippen LogP contribution in [0.4, 0.5) is 11.4 Å². The van der Waals surface area contributed by atoms with Crippen molar-refractivity contribution in [2.45, 2.75) is 19.9 Å². The predicted molar refractivity (Wildman–Crippen MR) is 82.8 cm³/mol. The maximum Gasteiger partial charge on any atom is 0.278 e. The van der Waals surface area contributed by atoms with Crippen molar-refractivity contribution >= 4 is 22.1 Å². The Labute approximate surface area is 122 Å². The molecule has 21 heavy (non-hydrogen) atoms. The monoisotopic (exact) mass is 286 g/mol. The molecule has 1 fully saturated rings. The van der Waals surface area contributed by atoms with Crippen LogP contribution in [0, 0.1) is 17.0 Å². The molecule has 1 N–H and O–H groups in total. The standard InChI is InChI=1S/C15H18N4O2/c1-10-7-12-13(8-17-10)15(19(20)21)4-3-14(12)18-6-5-16-11(2)9-18/h3-4,7-8,11,16H,5-6,9H2,1-2H3. The van der Waals surface area contributed by atoms with E-state index in [1.807, 2.05) is 19.1 Å². The highest BCUT2D eigenvalue weighted by atomic mass is 16.6. The number of pyridine rings is 1. The van der Waals surface area contributed by atoms with Gasteiger partial charge in [0.25, 0.3) is 5.69 Å². The number of nitro benzene ring substituents is 1. The number of piperazine rings is 1. The molecule has 0 radical (unpaired) electrons. The van der Waals surface area contributed by atoms with E-state index >= 15 is 0 Å². The lowest BCUT2D eigenvalue weighted by Crippen LogP contribution is -2.49. The molecule has 1 atom stereocenters. The normalized spacial score (nSPS) is 19.0. The number of benzene rings is 1. The molecule has 1 saturated heterocycles. The summed E-state index contributed by atoms with van der Waals surface area (Å²) in [6, 6.07) is 5.79. The molecule has 1 unspecified atom stereocenters. The number of nitro groups is 1. The van der Waals surface area contributed by atoms with Crippen molar-refractivity contribution < 1.29 is 4.92 Å². The first-order valence-corrected chi connectivity index (χ1v) is 7.08. The summed E-state index contributed by atoms with van der Waals surface area (Å²) in [4.78, 5) is 17.4. The van der Waals surface area contributed by atoms with Gasteiger partial charge in [-0.05, 0) is 26.0 Å². The van der Waals surface area contributed by atoms with E-state index in [9.17, 15) is 10.1 Å². The summed E-state index contributed by atoms with van der Waals surface area (Å²) in [5, 5.41) is 16.1. The maximum atomic E-state index is 11.2. The molecular weight excluding hydrogens is 268 g/mol. The fourth-order valence-corrected chi connectivity index (χ4v) is 2.90. The van der Waals surface area contributed by atoms with E-state index in [4.69, 9.17) is 0 Å². The fraction of sp³-hybridized carbons (Fsp3) is 0.400. The molecular formula is C15H18N4O2. The molecule has 0 amide bonds. The average molecular weight is 286 g/mol. The van der Waals surface area contributed by atoms with E-state index in [2.05, 4.69) is 22.1 Å². The number of anilines is 1. The highest BCUT2D eigenvalue weighted by Crippen LogP contribution is 2.33. The average Bonchev–Trinajstić information content (AvgIpc) is 2.45. The quantitative estimate of drug-likeness (QED) is 0.677. The molecule has 0 spiro atoms. The lowest BCUT2D eigenvalue weighted by atomic mass is 10.1. The van der Waals surface area contributed by atoms with Crippen LogP contribution in [0.5, 0.6) is 0 Å². The molecule has 2 aromatic rings. The lowest BCUT2D eigenvalue weighted by molar-refractivity contribution is -0.383. The number of hydrogen-bond acceptors (Lipinski definition) is 5. The van der Waals surface area contributed by atoms with E-state index in [-0.39, 0.29) is 10.6 Å². The molecule has 1 aliphatic rings. The number of nitrogens with zero attached hydrogens (tertiary/aromatic N) is 3. The third-order valence-electron chi connectivity index (χ3n) is 3.90. The Morgan fingerprint density at radius 3 is 2.95 bits per heavy atom. The smallest absolute Gasteiger partial charge is 0.278 e. The summed E-state index contributed by atoms with van der Waals surface area (Å²) >= 11 is 0. The number of aromatic nitrogens is 1. The molecule has 6 nitrogen and oxygen atoms in total. The summed E-state index contributed by atoms with van der Waals surface area (Å²) in [6.45, 7) is 6.77. The zero-order valence-corrected chi connectivity index (χ0v) is 12.2. The van der Waals surface area contributed by atoms with Gasteiger partial charge in [0, 0.05) is 54.7 Å². The van der Waals surface area contributed by atoms with Gasteiger partial charge in [-0.3, -0.25) is 15.1 Å². The summed E-state index contributed by atoms with van der Waals surface area (Å²) in [5.41, 5.74) is 2.03. The Morgan fingerprint density at radius 2 is 2.24 bits per heavy atom. The fourth-order valence-electron chi connectivity index (χ4n) is 2.90. The molecule has 110 valence electrons. The number of aryl methyl sites for hydroxylation is 1. The van der Waals surface area contributed by atoms with Crippen LogP contribution in [0.25, 0.3) is 10.8 Å². The van der Waals surface area contributed by atoms with Gasteiger partial charge >= 0.3 is 0 Å². The molecule has 0 bridgehead atoms. The van der Waals surface area contributed by atoms with Gasteiger partial charge in [-0.2, -0.15) is 0 Å². The molecule has 1 aliphatic heterocycles. The van der Waals surface area contributed by atoms with Gasteiger partial charge in [0.1, 0.15) is 0 Å². The summed E-state index contributed by atoms with van der Waals surface area (Å²) < 4.78 is 0. The molecule has 0 aliphatic carbocycles. The second kappa shape index (κ2) is 5.29. The van der Waals surface area contributed by atoms with Crippen molar-refractivity contribution in [3.63, 3.8) is 0 Å². The summed E-state index contributed by atoms with van der Waals surface area (Å²) in [7, 11) is 0. The second-order valence-electron chi connectivity index (χ2n) is 5.53. The topological polar surface area (TPSA) is 71.3 Å². The minimum atomic E-state index is -0.344. The van der Waals surface area contributed by atoms with Crippen LogP contribution in [0.2, 0.25) is 0 Å². The highest BCUT2D eigenvalue weighted by Gasteiger charge is 2.21. The third kappa shape index (κ3) is 2.54. The lowest BCUT2D eigenvalue weighted by Gasteiger charge is -2.34. The number of rotatable bonds is 2. The van der Waals surface area contributed by atoms with Crippen molar-refractivity contribution in [2.24, 2.45) is 0 Å². The van der Waals surface area contributed by atoms with E-state index in [1.165, 1.54) is 0 Å². The Kier molecular flexibility index (Phi) is 3.47. The Bertz CT molecular complexity index is 701. The van der Waals surface area contributed by atoms with Crippen molar-refractivity contribution in [3.05, 3.63) is 40.2 Å². The molecule has 1 aromatic carbocycles. The zero-order valence-electron chi connectivity index (χ0n) is 12.2. The molecule has 1 aromatic heterocycles. The van der Waals surface area contributed by atoms with Crippen LogP contribution in [-0.4, -0.2) is 35.6 Å². The summed E-state index contributed by atoms with van der Waals surface area (Å²) in [6.07, 6.45) is 1.61. The van der Waals surface area contributed by atoms with Crippen LogP contribution in [0.1, 0.15) is 12.6 Å². The van der Waals surface area contributed by atoms with E-state index in [0.717, 1.165) is 36.4 Å². The number of non-ortho nitro benzene ring substituents is 1. The van der Waals surface area contributed by atoms with Crippen molar-refractivity contribution in [2.75, 3.05) is 24.5 Å². The van der Waals surface area contributed by atoms with Crippen molar-refractivity contribution in [1.29, 1.82) is 0 Å². The predicted octanol–water partition coefficient (Wildman–Crippen LogP) is 2.25. The van der Waals surface area contributed by atoms with Crippen LogP contribution in [0.15, 0.2) is 24.4 Å². The molecule has 0 saturated carbocycles. The van der Waals surface area contributed by atoms with Crippen LogP contribution < -0.4 is 10.2 Å². The van der Waals surface area contributed by atoms with Gasteiger partial charge in [-0.15, -0.1) is 0 Å². The highest BCUT2D eigenvalue weighted by molar-refractivity contribution is 5.99. The minimum Gasteiger partial charge on any atom is -0.368 e. The van der Waals surface area contributed by atoms with Crippen LogP contribution in [0.3, 0.4) is 0 Å². The first-order valence-electron chi connectivity index (χ1n) is 7.08. The largest absolute Gasteiger partial charge is 0.368 e. The molecule has 3 rings (SSSR count). The number of hydrogen-bond donors (Lipinski definition) is 1. The van der Waals surface area contributed by atoms with Crippen molar-refractivity contribution in [1.82, 2.24) is 10.3 Å². The van der Waals surface area contributed by atoms with Gasteiger partial charge in [-0.1, -0.05) is 0 Å². The third-order valence-corrected chi connectivity index (χ3v) is 3.90. The van der Waals surface area contributed by atoms with Crippen LogP contribution in [-0.2, 0) is 0 Å². The van der Waals surface area contributed by atoms with Gasteiger partial charge in [0.2, 0.25) is 0 Å². The van der Waals surface area contributed by atoms with Crippen LogP contribution >= 0.6 is 0 Å². The van der Waals surface area contributed by atoms with Crippen molar-refractivity contribution in [3.8, 4) is 0 Å². The van der Waals surface area contributed by atoms with Gasteiger partial charge in [0.15, 0.2) is 0 Å². The number of nitrogens with one attached hydrogen (secondary N) is 1. The van der Waals surface area contributed by atoms with Gasteiger partial charge in [0.05, 0.1) is 10.3 Å². The van der Waals surface area contributed by atoms with E-state index < -0.39 is 0 Å². The Morgan fingerprint density at radius 1 is 1.43 bits per heavy atom. The Hall–Kier alpha value is -2.21. The molecule has 6 heteroatoms. The zero-order chi connectivity index (χ0) is 15.0. The second-order valence-corrected chi connectivity index (χ2v) is 5.53. The Balaban J connectivity index is 2.17.